The number of hydrogen-bond acceptors (Lipinski definition) is 6. The van der Waals surface area contributed by atoms with E-state index in [1.807, 2.05) is 54.6 Å². The number of nitrogens with zero attached hydrogens (tertiary/aromatic N) is 3. The Morgan fingerprint density at radius 3 is 2.33 bits per heavy atom. The number of hydrogen-bond donors (Lipinski definition) is 2. The first-order valence-corrected chi connectivity index (χ1v) is 12.1. The third kappa shape index (κ3) is 8.07. The van der Waals surface area contributed by atoms with Gasteiger partial charge in [-0.2, -0.15) is 0 Å². The highest BCUT2D eigenvalue weighted by atomic mass is 32.1. The highest BCUT2D eigenvalue weighted by molar-refractivity contribution is 7.15. The molecule has 33 heavy (non-hydrogen) atoms. The second kappa shape index (κ2) is 12.8. The average molecular weight is 466 g/mol. The van der Waals surface area contributed by atoms with Gasteiger partial charge in [-0.25, -0.2) is 0 Å². The van der Waals surface area contributed by atoms with Crippen LogP contribution in [0.2, 0.25) is 0 Å². The number of rotatable bonds is 12. The van der Waals surface area contributed by atoms with Crippen LogP contribution in [0.3, 0.4) is 0 Å². The lowest BCUT2D eigenvalue weighted by atomic mass is 10.1. The van der Waals surface area contributed by atoms with E-state index in [1.54, 1.807) is 0 Å². The number of anilines is 1. The van der Waals surface area contributed by atoms with Crippen LogP contribution >= 0.6 is 11.3 Å². The van der Waals surface area contributed by atoms with Gasteiger partial charge < -0.3 is 15.5 Å². The summed E-state index contributed by atoms with van der Waals surface area (Å²) in [5, 5.41) is 15.4. The molecule has 0 atom stereocenters. The lowest BCUT2D eigenvalue weighted by molar-refractivity contribution is -0.115. The van der Waals surface area contributed by atoms with E-state index in [-0.39, 0.29) is 11.8 Å². The third-order valence-corrected chi connectivity index (χ3v) is 6.27. The lowest BCUT2D eigenvalue weighted by Gasteiger charge is -2.17. The van der Waals surface area contributed by atoms with Crippen molar-refractivity contribution in [2.45, 2.75) is 33.1 Å². The van der Waals surface area contributed by atoms with Crippen LogP contribution in [-0.4, -0.2) is 53.1 Å². The quantitative estimate of drug-likeness (QED) is 0.427. The van der Waals surface area contributed by atoms with Crippen molar-refractivity contribution >= 4 is 28.3 Å². The minimum absolute atomic E-state index is 0.0475. The molecule has 3 rings (SSSR count). The van der Waals surface area contributed by atoms with Crippen molar-refractivity contribution in [1.82, 2.24) is 20.4 Å². The summed E-state index contributed by atoms with van der Waals surface area (Å²) < 4.78 is 0. The second-order valence-electron chi connectivity index (χ2n) is 7.69. The molecule has 0 aliphatic carbocycles. The zero-order valence-corrected chi connectivity index (χ0v) is 20.0. The molecule has 2 amide bonds. The smallest absolute Gasteiger partial charge is 0.251 e. The van der Waals surface area contributed by atoms with Gasteiger partial charge in [0.2, 0.25) is 11.0 Å². The molecule has 1 aromatic heterocycles. The molecule has 0 bridgehead atoms. The van der Waals surface area contributed by atoms with Gasteiger partial charge in [0, 0.05) is 25.1 Å². The maximum atomic E-state index is 12.3. The predicted molar refractivity (Wildman–Crippen MR) is 133 cm³/mol. The summed E-state index contributed by atoms with van der Waals surface area (Å²) in [6.45, 7) is 7.70. The van der Waals surface area contributed by atoms with E-state index in [4.69, 9.17) is 0 Å². The first kappa shape index (κ1) is 24.5. The lowest BCUT2D eigenvalue weighted by Crippen LogP contribution is -2.34. The summed E-state index contributed by atoms with van der Waals surface area (Å²) in [6, 6.07) is 17.3. The molecule has 3 aromatic rings. The Hall–Kier alpha value is -3.10. The fourth-order valence-electron chi connectivity index (χ4n) is 3.39. The van der Waals surface area contributed by atoms with Crippen molar-refractivity contribution in [2.24, 2.45) is 0 Å². The minimum atomic E-state index is -0.102. The van der Waals surface area contributed by atoms with Gasteiger partial charge in [-0.05, 0) is 42.8 Å². The highest BCUT2D eigenvalue weighted by Crippen LogP contribution is 2.18. The van der Waals surface area contributed by atoms with Gasteiger partial charge in [0.15, 0.2) is 0 Å². The molecule has 0 aliphatic rings. The Bertz CT molecular complexity index is 1020. The molecule has 1 heterocycles. The molecule has 2 aromatic carbocycles. The van der Waals surface area contributed by atoms with Crippen molar-refractivity contribution in [1.29, 1.82) is 0 Å². The zero-order valence-electron chi connectivity index (χ0n) is 19.2. The van der Waals surface area contributed by atoms with Gasteiger partial charge in [-0.1, -0.05) is 67.6 Å². The van der Waals surface area contributed by atoms with Crippen molar-refractivity contribution in [3.63, 3.8) is 0 Å². The van der Waals surface area contributed by atoms with Crippen molar-refractivity contribution < 1.29 is 9.59 Å². The van der Waals surface area contributed by atoms with Crippen LogP contribution < -0.4 is 10.6 Å². The van der Waals surface area contributed by atoms with Gasteiger partial charge in [-0.3, -0.25) is 9.59 Å². The second-order valence-corrected chi connectivity index (χ2v) is 8.75. The first-order valence-electron chi connectivity index (χ1n) is 11.3. The van der Waals surface area contributed by atoms with Crippen LogP contribution in [-0.2, 0) is 24.1 Å². The fraction of sp³-hybridized carbons (Fsp3) is 0.360. The number of amides is 2. The third-order valence-electron chi connectivity index (χ3n) is 5.37. The number of benzene rings is 2. The molecular weight excluding hydrogens is 434 g/mol. The SMILES string of the molecule is CCN(CC)CCNC(=O)c1ccc(CCc2nnc(NC(=O)Cc3ccccc3)s2)cc1. The van der Waals surface area contributed by atoms with Crippen LogP contribution in [0.15, 0.2) is 54.6 Å². The Balaban J connectivity index is 1.42. The average Bonchev–Trinajstić information content (AvgIpc) is 3.28. The van der Waals surface area contributed by atoms with Gasteiger partial charge in [-0.15, -0.1) is 10.2 Å². The van der Waals surface area contributed by atoms with E-state index in [1.165, 1.54) is 11.3 Å². The van der Waals surface area contributed by atoms with E-state index >= 15 is 0 Å². The van der Waals surface area contributed by atoms with Crippen LogP contribution in [0, 0.1) is 0 Å². The Kier molecular flexibility index (Phi) is 9.53. The normalized spacial score (nSPS) is 10.9. The first-order chi connectivity index (χ1) is 16.1. The molecule has 0 saturated heterocycles. The van der Waals surface area contributed by atoms with E-state index < -0.39 is 0 Å². The predicted octanol–water partition coefficient (Wildman–Crippen LogP) is 3.58. The summed E-state index contributed by atoms with van der Waals surface area (Å²) in [6.07, 6.45) is 1.82. The largest absolute Gasteiger partial charge is 0.351 e. The van der Waals surface area contributed by atoms with Crippen LogP contribution in [0.4, 0.5) is 5.13 Å². The van der Waals surface area contributed by atoms with Gasteiger partial charge >= 0.3 is 0 Å². The summed E-state index contributed by atoms with van der Waals surface area (Å²) in [5.41, 5.74) is 2.75. The molecule has 174 valence electrons. The topological polar surface area (TPSA) is 87.2 Å². The monoisotopic (exact) mass is 465 g/mol. The number of carbonyl (C=O) groups excluding carboxylic acids is 2. The molecule has 2 N–H and O–H groups in total. The molecule has 7 nitrogen and oxygen atoms in total. The van der Waals surface area contributed by atoms with E-state index in [0.717, 1.165) is 48.6 Å². The molecular formula is C25H31N5O2S. The molecule has 0 aliphatic heterocycles. The van der Waals surface area contributed by atoms with Crippen molar-refractivity contribution in [3.8, 4) is 0 Å². The van der Waals surface area contributed by atoms with E-state index in [9.17, 15) is 9.59 Å². The standard InChI is InChI=1S/C25H31N5O2S/c1-3-30(4-2)17-16-26-24(32)21-13-10-19(11-14-21)12-15-23-28-29-25(33-23)27-22(31)18-20-8-6-5-7-9-20/h5-11,13-14H,3-4,12,15-18H2,1-2H3,(H,26,32)(H,27,29,31). The molecule has 0 radical (unpaired) electrons. The van der Waals surface area contributed by atoms with E-state index in [0.29, 0.717) is 23.7 Å². The Labute approximate surface area is 199 Å². The van der Waals surface area contributed by atoms with Crippen molar-refractivity contribution in [2.75, 3.05) is 31.5 Å². The summed E-state index contributed by atoms with van der Waals surface area (Å²) >= 11 is 1.39. The number of aromatic nitrogens is 2. The molecule has 0 spiro atoms. The van der Waals surface area contributed by atoms with E-state index in [2.05, 4.69) is 39.6 Å². The summed E-state index contributed by atoms with van der Waals surface area (Å²) in [7, 11) is 0. The minimum Gasteiger partial charge on any atom is -0.351 e. The van der Waals surface area contributed by atoms with Crippen LogP contribution in [0.5, 0.6) is 0 Å². The number of likely N-dealkylation sites (N-methyl/N-ethyl adjacent to an activating group) is 1. The molecule has 0 unspecified atom stereocenters. The van der Waals surface area contributed by atoms with Gasteiger partial charge in [0.25, 0.3) is 5.91 Å². The molecule has 0 fully saturated rings. The van der Waals surface area contributed by atoms with Crippen LogP contribution in [0.1, 0.15) is 40.3 Å². The number of nitrogens with one attached hydrogen (secondary N) is 2. The Morgan fingerprint density at radius 1 is 0.909 bits per heavy atom. The van der Waals surface area contributed by atoms with Gasteiger partial charge in [0.05, 0.1) is 6.42 Å². The fourth-order valence-corrected chi connectivity index (χ4v) is 4.15. The maximum Gasteiger partial charge on any atom is 0.251 e. The summed E-state index contributed by atoms with van der Waals surface area (Å²) in [5.74, 6) is -0.149. The van der Waals surface area contributed by atoms with Gasteiger partial charge in [0.1, 0.15) is 5.01 Å². The van der Waals surface area contributed by atoms with Crippen molar-refractivity contribution in [3.05, 3.63) is 76.3 Å². The highest BCUT2D eigenvalue weighted by Gasteiger charge is 2.10. The maximum absolute atomic E-state index is 12.3. The van der Waals surface area contributed by atoms with Crippen LogP contribution in [0.25, 0.3) is 0 Å². The molecule has 8 heteroatoms. The molecule has 0 saturated carbocycles. The number of aryl methyl sites for hydroxylation is 2. The Morgan fingerprint density at radius 2 is 1.64 bits per heavy atom. The number of carbonyl (C=O) groups is 2. The zero-order chi connectivity index (χ0) is 23.5. The summed E-state index contributed by atoms with van der Waals surface area (Å²) in [4.78, 5) is 26.8.